The fourth-order valence-corrected chi connectivity index (χ4v) is 4.32. The summed E-state index contributed by atoms with van der Waals surface area (Å²) < 4.78 is 7.19. The highest BCUT2D eigenvalue weighted by Gasteiger charge is 2.22. The van der Waals surface area contributed by atoms with Crippen LogP contribution in [-0.4, -0.2) is 58.8 Å². The van der Waals surface area contributed by atoms with Crippen molar-refractivity contribution in [3.05, 3.63) is 54.0 Å². The number of fused-ring (bicyclic) bond motifs is 1. The molecule has 1 amide bonds. The van der Waals surface area contributed by atoms with E-state index in [9.17, 15) is 10.1 Å². The van der Waals surface area contributed by atoms with Crippen molar-refractivity contribution in [1.29, 1.82) is 5.26 Å². The lowest BCUT2D eigenvalue weighted by Gasteiger charge is -2.29. The number of hydrogen-bond acceptors (Lipinski definition) is 9. The van der Waals surface area contributed by atoms with E-state index in [1.165, 1.54) is 0 Å². The molecule has 0 unspecified atom stereocenters. The Hall–Kier alpha value is -4.69. The van der Waals surface area contributed by atoms with Crippen molar-refractivity contribution in [1.82, 2.24) is 19.5 Å². The number of aryl methyl sites for hydroxylation is 1. The van der Waals surface area contributed by atoms with Gasteiger partial charge >= 0.3 is 0 Å². The van der Waals surface area contributed by atoms with Gasteiger partial charge in [0.05, 0.1) is 36.1 Å². The summed E-state index contributed by atoms with van der Waals surface area (Å²) in [6.45, 7) is 3.10. The first kappa shape index (κ1) is 23.1. The fraction of sp³-hybridized carbons (Fsp3) is 0.240. The van der Waals surface area contributed by atoms with E-state index < -0.39 is 5.91 Å². The molecule has 0 bridgehead atoms. The van der Waals surface area contributed by atoms with E-state index in [1.807, 2.05) is 31.3 Å². The minimum absolute atomic E-state index is 0.00491. The zero-order chi connectivity index (χ0) is 25.2. The summed E-state index contributed by atoms with van der Waals surface area (Å²) in [4.78, 5) is 28.4. The van der Waals surface area contributed by atoms with Gasteiger partial charge in [0, 0.05) is 44.1 Å². The summed E-state index contributed by atoms with van der Waals surface area (Å²) in [5, 5.41) is 15.7. The Morgan fingerprint density at radius 2 is 1.86 bits per heavy atom. The molecule has 11 nitrogen and oxygen atoms in total. The lowest BCUT2D eigenvalue weighted by atomic mass is 10.1. The Morgan fingerprint density at radius 3 is 2.53 bits per heavy atom. The summed E-state index contributed by atoms with van der Waals surface area (Å²) in [5.74, 6) is -0.0468. The van der Waals surface area contributed by atoms with Gasteiger partial charge in [-0.2, -0.15) is 5.26 Å². The summed E-state index contributed by atoms with van der Waals surface area (Å²) >= 11 is 0. The molecule has 2 aromatic carbocycles. The number of aromatic nitrogens is 4. The second kappa shape index (κ2) is 9.52. The van der Waals surface area contributed by atoms with Crippen molar-refractivity contribution in [3.63, 3.8) is 0 Å². The summed E-state index contributed by atoms with van der Waals surface area (Å²) in [5.41, 5.74) is 10.3. The maximum absolute atomic E-state index is 12.4. The molecule has 1 fully saturated rings. The van der Waals surface area contributed by atoms with Crippen molar-refractivity contribution in [2.45, 2.75) is 0 Å². The van der Waals surface area contributed by atoms with Gasteiger partial charge in [-0.3, -0.25) is 4.79 Å². The Bertz CT molecular complexity index is 1480. The van der Waals surface area contributed by atoms with Gasteiger partial charge < -0.3 is 30.6 Å². The summed E-state index contributed by atoms with van der Waals surface area (Å²) in [7, 11) is 3.54. The van der Waals surface area contributed by atoms with Crippen LogP contribution >= 0.6 is 0 Å². The van der Waals surface area contributed by atoms with Crippen LogP contribution in [0.5, 0.6) is 0 Å². The van der Waals surface area contributed by atoms with Crippen LogP contribution in [0.1, 0.15) is 16.1 Å². The van der Waals surface area contributed by atoms with Crippen LogP contribution in [0.25, 0.3) is 22.3 Å². The Kier molecular flexibility index (Phi) is 6.10. The molecule has 1 aliphatic rings. The molecule has 5 rings (SSSR count). The number of hydrogen-bond donors (Lipinski definition) is 3. The van der Waals surface area contributed by atoms with Gasteiger partial charge in [-0.05, 0) is 36.4 Å². The number of nitrogens with zero attached hydrogens (tertiary/aromatic N) is 6. The number of rotatable bonds is 6. The van der Waals surface area contributed by atoms with E-state index >= 15 is 0 Å². The molecule has 36 heavy (non-hydrogen) atoms. The molecular formula is C25H25N9O2. The minimum Gasteiger partial charge on any atom is -0.378 e. The Morgan fingerprint density at radius 1 is 1.11 bits per heavy atom. The molecule has 0 aliphatic carbocycles. The number of imidazole rings is 1. The SMILES string of the molecule is CNc1nc(Nc2ccc(N3CCOCC3)cc2)c(C(N)=O)nc1-c1ccc(C#N)c2c1ncn2C. The number of ether oxygens (including phenoxy) is 1. The predicted octanol–water partition coefficient (Wildman–Crippen LogP) is 2.62. The first-order valence-electron chi connectivity index (χ1n) is 11.4. The molecule has 4 aromatic rings. The second-order valence-corrected chi connectivity index (χ2v) is 8.33. The van der Waals surface area contributed by atoms with Crippen LogP contribution in [0.2, 0.25) is 0 Å². The number of carbonyl (C=O) groups excluding carboxylic acids is 1. The normalized spacial score (nSPS) is 13.4. The van der Waals surface area contributed by atoms with Crippen LogP contribution in [0.15, 0.2) is 42.7 Å². The van der Waals surface area contributed by atoms with Gasteiger partial charge in [0.2, 0.25) is 0 Å². The van der Waals surface area contributed by atoms with E-state index in [1.54, 1.807) is 30.1 Å². The van der Waals surface area contributed by atoms with Gasteiger partial charge in [-0.15, -0.1) is 0 Å². The van der Waals surface area contributed by atoms with E-state index in [0.717, 1.165) is 24.5 Å². The number of amides is 1. The van der Waals surface area contributed by atoms with Crippen LogP contribution in [-0.2, 0) is 11.8 Å². The molecule has 0 saturated carbocycles. The topological polar surface area (TPSA) is 147 Å². The molecular weight excluding hydrogens is 458 g/mol. The number of anilines is 4. The third-order valence-electron chi connectivity index (χ3n) is 6.11. The van der Waals surface area contributed by atoms with Gasteiger partial charge in [-0.1, -0.05) is 0 Å². The van der Waals surface area contributed by atoms with Crippen LogP contribution in [0.3, 0.4) is 0 Å². The number of benzene rings is 2. The highest BCUT2D eigenvalue weighted by Crippen LogP contribution is 2.34. The number of morpholine rings is 1. The van der Waals surface area contributed by atoms with Crippen LogP contribution < -0.4 is 21.3 Å². The maximum atomic E-state index is 12.4. The maximum Gasteiger partial charge on any atom is 0.271 e. The van der Waals surface area contributed by atoms with Crippen molar-refractivity contribution >= 4 is 40.0 Å². The smallest absolute Gasteiger partial charge is 0.271 e. The first-order valence-corrected chi connectivity index (χ1v) is 11.4. The number of nitrogens with two attached hydrogens (primary N) is 1. The monoisotopic (exact) mass is 483 g/mol. The number of nitriles is 1. The fourth-order valence-electron chi connectivity index (χ4n) is 4.32. The molecule has 0 spiro atoms. The van der Waals surface area contributed by atoms with Crippen molar-refractivity contribution in [3.8, 4) is 17.3 Å². The van der Waals surface area contributed by atoms with Crippen molar-refractivity contribution < 1.29 is 9.53 Å². The van der Waals surface area contributed by atoms with Crippen molar-refractivity contribution in [2.24, 2.45) is 12.8 Å². The molecule has 3 heterocycles. The van der Waals surface area contributed by atoms with E-state index in [2.05, 4.69) is 36.6 Å². The third-order valence-corrected chi connectivity index (χ3v) is 6.11. The second-order valence-electron chi connectivity index (χ2n) is 8.33. The lowest BCUT2D eigenvalue weighted by Crippen LogP contribution is -2.36. The average Bonchev–Trinajstić information content (AvgIpc) is 3.30. The predicted molar refractivity (Wildman–Crippen MR) is 137 cm³/mol. The van der Waals surface area contributed by atoms with Gasteiger partial charge in [0.15, 0.2) is 17.3 Å². The van der Waals surface area contributed by atoms with E-state index in [-0.39, 0.29) is 11.5 Å². The van der Waals surface area contributed by atoms with Crippen LogP contribution in [0, 0.1) is 11.3 Å². The molecule has 1 saturated heterocycles. The lowest BCUT2D eigenvalue weighted by molar-refractivity contribution is 0.0996. The summed E-state index contributed by atoms with van der Waals surface area (Å²) in [6.07, 6.45) is 1.63. The van der Waals surface area contributed by atoms with Crippen molar-refractivity contribution in [2.75, 3.05) is 48.9 Å². The number of primary amides is 1. The molecule has 2 aromatic heterocycles. The zero-order valence-electron chi connectivity index (χ0n) is 19.9. The highest BCUT2D eigenvalue weighted by atomic mass is 16.5. The van der Waals surface area contributed by atoms with Gasteiger partial charge in [0.25, 0.3) is 5.91 Å². The highest BCUT2D eigenvalue weighted by molar-refractivity contribution is 6.00. The molecule has 0 atom stereocenters. The Balaban J connectivity index is 1.54. The largest absolute Gasteiger partial charge is 0.378 e. The Labute approximate surface area is 207 Å². The third kappa shape index (κ3) is 4.14. The van der Waals surface area contributed by atoms with E-state index in [0.29, 0.717) is 46.9 Å². The first-order chi connectivity index (χ1) is 17.5. The standard InChI is InChI=1S/C25H25N9O2/c1-28-24-20(18-8-3-15(13-26)22-19(18)29-14-33(22)2)31-21(23(27)35)25(32-24)30-16-4-6-17(7-5-16)34-9-11-36-12-10-34/h3-8,14H,9-12H2,1-2H3,(H2,27,35)(H2,28,30,32). The average molecular weight is 484 g/mol. The summed E-state index contributed by atoms with van der Waals surface area (Å²) in [6, 6.07) is 13.5. The quantitative estimate of drug-likeness (QED) is 0.376. The molecule has 11 heteroatoms. The number of nitrogens with one attached hydrogen (secondary N) is 2. The molecule has 0 radical (unpaired) electrons. The number of carbonyl (C=O) groups is 1. The van der Waals surface area contributed by atoms with Gasteiger partial charge in [0.1, 0.15) is 11.8 Å². The van der Waals surface area contributed by atoms with E-state index in [4.69, 9.17) is 10.5 Å². The van der Waals surface area contributed by atoms with Gasteiger partial charge in [-0.25, -0.2) is 15.0 Å². The molecule has 4 N–H and O–H groups in total. The molecule has 1 aliphatic heterocycles. The van der Waals surface area contributed by atoms with Crippen LogP contribution in [0.4, 0.5) is 23.0 Å². The minimum atomic E-state index is -0.718. The molecule has 182 valence electrons. The zero-order valence-corrected chi connectivity index (χ0v) is 19.9.